The van der Waals surface area contributed by atoms with Gasteiger partial charge in [-0.05, 0) is 25.0 Å². The molecule has 6 heteroatoms. The topological polar surface area (TPSA) is 38.3 Å². The van der Waals surface area contributed by atoms with Crippen molar-refractivity contribution < 1.29 is 22.7 Å². The van der Waals surface area contributed by atoms with Crippen molar-refractivity contribution in [1.82, 2.24) is 5.32 Å². The van der Waals surface area contributed by atoms with Crippen LogP contribution in [0.1, 0.15) is 18.1 Å². The third-order valence-electron chi connectivity index (χ3n) is 2.92. The molecule has 0 amide bonds. The van der Waals surface area contributed by atoms with Crippen molar-refractivity contribution in [1.29, 1.82) is 0 Å². The van der Waals surface area contributed by atoms with Gasteiger partial charge in [0.25, 0.3) is 0 Å². The lowest BCUT2D eigenvalue weighted by molar-refractivity contribution is -0.153. The molecule has 0 fully saturated rings. The number of carbonyl (C=O) groups excluding carboxylic acids is 1. The van der Waals surface area contributed by atoms with Gasteiger partial charge in [-0.3, -0.25) is 5.32 Å². The molecule has 0 heterocycles. The van der Waals surface area contributed by atoms with Crippen LogP contribution in [0.15, 0.2) is 24.3 Å². The van der Waals surface area contributed by atoms with E-state index >= 15 is 0 Å². The number of nitrogens with one attached hydrogen (secondary N) is 1. The van der Waals surface area contributed by atoms with Gasteiger partial charge in [0, 0.05) is 0 Å². The van der Waals surface area contributed by atoms with E-state index in [1.54, 1.807) is 31.2 Å². The highest BCUT2D eigenvalue weighted by atomic mass is 19.4. The Hall–Kier alpha value is -1.56. The van der Waals surface area contributed by atoms with E-state index in [1.807, 2.05) is 0 Å². The number of hydrogen-bond donors (Lipinski definition) is 1. The predicted octanol–water partition coefficient (Wildman–Crippen LogP) is 2.54. The minimum absolute atomic E-state index is 0.464. The maximum atomic E-state index is 12.4. The van der Waals surface area contributed by atoms with Crippen LogP contribution in [0.3, 0.4) is 0 Å². The zero-order valence-electron chi connectivity index (χ0n) is 11.0. The number of methoxy groups -OCH3 is 1. The van der Waals surface area contributed by atoms with Crippen LogP contribution in [-0.4, -0.2) is 25.8 Å². The summed E-state index contributed by atoms with van der Waals surface area (Å²) in [5.74, 6) is -0.758. The second-order valence-corrected chi connectivity index (χ2v) is 4.40. The summed E-state index contributed by atoms with van der Waals surface area (Å²) in [5.41, 5.74) is -0.355. The van der Waals surface area contributed by atoms with Crippen LogP contribution in [0, 0.1) is 6.92 Å². The molecule has 1 aromatic rings. The summed E-state index contributed by atoms with van der Waals surface area (Å²) in [4.78, 5) is 11.9. The molecule has 1 atom stereocenters. The van der Waals surface area contributed by atoms with Crippen molar-refractivity contribution in [3.63, 3.8) is 0 Å². The second-order valence-electron chi connectivity index (χ2n) is 4.40. The largest absolute Gasteiger partial charge is 0.467 e. The Morgan fingerprint density at radius 1 is 1.32 bits per heavy atom. The van der Waals surface area contributed by atoms with Crippen molar-refractivity contribution >= 4 is 5.97 Å². The van der Waals surface area contributed by atoms with Crippen LogP contribution in [0.4, 0.5) is 13.2 Å². The number of rotatable bonds is 4. The number of ether oxygens (including phenoxy) is 1. The summed E-state index contributed by atoms with van der Waals surface area (Å²) < 4.78 is 41.7. The van der Waals surface area contributed by atoms with E-state index in [1.165, 1.54) is 6.92 Å². The van der Waals surface area contributed by atoms with Gasteiger partial charge in [-0.15, -0.1) is 0 Å². The molecule has 0 saturated carbocycles. The fourth-order valence-corrected chi connectivity index (χ4v) is 1.89. The molecular weight excluding hydrogens is 259 g/mol. The first-order chi connectivity index (χ1) is 8.70. The van der Waals surface area contributed by atoms with Gasteiger partial charge < -0.3 is 4.74 Å². The minimum atomic E-state index is -4.40. The van der Waals surface area contributed by atoms with Gasteiger partial charge in [-0.1, -0.05) is 24.3 Å². The molecule has 106 valence electrons. The van der Waals surface area contributed by atoms with E-state index in [9.17, 15) is 18.0 Å². The van der Waals surface area contributed by atoms with Crippen molar-refractivity contribution in [2.45, 2.75) is 25.6 Å². The normalized spacial score (nSPS) is 14.8. The van der Waals surface area contributed by atoms with Gasteiger partial charge in [0.1, 0.15) is 5.54 Å². The van der Waals surface area contributed by atoms with Crippen LogP contribution < -0.4 is 5.32 Å². The molecule has 0 aliphatic heterocycles. The van der Waals surface area contributed by atoms with Gasteiger partial charge >= 0.3 is 12.1 Å². The molecule has 0 aliphatic rings. The average molecular weight is 275 g/mol. The Balaban J connectivity index is 3.14. The number of alkyl halides is 3. The van der Waals surface area contributed by atoms with Crippen LogP contribution in [0.2, 0.25) is 0 Å². The molecule has 0 aromatic heterocycles. The van der Waals surface area contributed by atoms with Crippen molar-refractivity contribution in [3.8, 4) is 0 Å². The van der Waals surface area contributed by atoms with Gasteiger partial charge in [-0.25, -0.2) is 4.79 Å². The molecular formula is C13H16F3NO2. The lowest BCUT2D eigenvalue weighted by Crippen LogP contribution is -2.51. The molecule has 1 rings (SSSR count). The first kappa shape index (κ1) is 15.5. The predicted molar refractivity (Wildman–Crippen MR) is 64.6 cm³/mol. The van der Waals surface area contributed by atoms with Crippen molar-refractivity contribution in [2.24, 2.45) is 0 Å². The molecule has 19 heavy (non-hydrogen) atoms. The third kappa shape index (κ3) is 3.70. The summed E-state index contributed by atoms with van der Waals surface area (Å²) in [6.07, 6.45) is -4.40. The molecule has 0 spiro atoms. The Kier molecular flexibility index (Phi) is 4.57. The van der Waals surface area contributed by atoms with Crippen LogP contribution in [-0.2, 0) is 15.1 Å². The van der Waals surface area contributed by atoms with Gasteiger partial charge in [-0.2, -0.15) is 13.2 Å². The standard InChI is InChI=1S/C13H16F3NO2/c1-9-6-4-5-7-10(9)12(2,11(18)19-3)17-8-13(14,15)16/h4-7,17H,8H2,1-3H3. The Labute approximate surface area is 109 Å². The highest BCUT2D eigenvalue weighted by Gasteiger charge is 2.40. The minimum Gasteiger partial charge on any atom is -0.467 e. The van der Waals surface area contributed by atoms with E-state index < -0.39 is 24.2 Å². The zero-order chi connectivity index (χ0) is 14.7. The third-order valence-corrected chi connectivity index (χ3v) is 2.92. The van der Waals surface area contributed by atoms with E-state index in [-0.39, 0.29) is 0 Å². The summed E-state index contributed by atoms with van der Waals surface area (Å²) in [5, 5.41) is 2.24. The smallest absolute Gasteiger partial charge is 0.401 e. The molecule has 1 unspecified atom stereocenters. The van der Waals surface area contributed by atoms with Gasteiger partial charge in [0.05, 0.1) is 13.7 Å². The molecule has 0 aliphatic carbocycles. The van der Waals surface area contributed by atoms with Crippen LogP contribution in [0.5, 0.6) is 0 Å². The van der Waals surface area contributed by atoms with Crippen LogP contribution >= 0.6 is 0 Å². The zero-order valence-corrected chi connectivity index (χ0v) is 11.0. The number of halogens is 3. The van der Waals surface area contributed by atoms with Crippen molar-refractivity contribution in [2.75, 3.05) is 13.7 Å². The molecule has 1 N–H and O–H groups in total. The first-order valence-electron chi connectivity index (χ1n) is 5.67. The van der Waals surface area contributed by atoms with E-state index in [4.69, 9.17) is 0 Å². The number of hydrogen-bond acceptors (Lipinski definition) is 3. The lowest BCUT2D eigenvalue weighted by atomic mass is 9.88. The molecule has 0 saturated heterocycles. The van der Waals surface area contributed by atoms with Crippen LogP contribution in [0.25, 0.3) is 0 Å². The molecule has 0 bridgehead atoms. The highest BCUT2D eigenvalue weighted by Crippen LogP contribution is 2.27. The lowest BCUT2D eigenvalue weighted by Gasteiger charge is -2.30. The quantitative estimate of drug-likeness (QED) is 0.858. The van der Waals surface area contributed by atoms with E-state index in [2.05, 4.69) is 10.1 Å². The number of benzene rings is 1. The Morgan fingerprint density at radius 3 is 2.37 bits per heavy atom. The monoisotopic (exact) mass is 275 g/mol. The summed E-state index contributed by atoms with van der Waals surface area (Å²) >= 11 is 0. The average Bonchev–Trinajstić information content (AvgIpc) is 2.34. The first-order valence-corrected chi connectivity index (χ1v) is 5.67. The fraction of sp³-hybridized carbons (Fsp3) is 0.462. The Morgan fingerprint density at radius 2 is 1.89 bits per heavy atom. The highest BCUT2D eigenvalue weighted by molar-refractivity contribution is 5.82. The van der Waals surface area contributed by atoms with Gasteiger partial charge in [0.15, 0.2) is 0 Å². The molecule has 3 nitrogen and oxygen atoms in total. The maximum absolute atomic E-state index is 12.4. The number of esters is 1. The summed E-state index contributed by atoms with van der Waals surface area (Å²) in [7, 11) is 1.15. The Bertz CT molecular complexity index is 459. The van der Waals surface area contributed by atoms with E-state index in [0.29, 0.717) is 11.1 Å². The second kappa shape index (κ2) is 5.61. The molecule has 1 aromatic carbocycles. The SMILES string of the molecule is COC(=O)C(C)(NCC(F)(F)F)c1ccccc1C. The fourth-order valence-electron chi connectivity index (χ4n) is 1.89. The summed E-state index contributed by atoms with van der Waals surface area (Å²) in [6, 6.07) is 6.75. The van der Waals surface area contributed by atoms with E-state index in [0.717, 1.165) is 7.11 Å². The van der Waals surface area contributed by atoms with Gasteiger partial charge in [0.2, 0.25) is 0 Å². The molecule has 0 radical (unpaired) electrons. The number of aryl methyl sites for hydroxylation is 1. The summed E-state index contributed by atoms with van der Waals surface area (Å²) in [6.45, 7) is 1.84. The van der Waals surface area contributed by atoms with Crippen molar-refractivity contribution in [3.05, 3.63) is 35.4 Å². The maximum Gasteiger partial charge on any atom is 0.401 e. The number of carbonyl (C=O) groups is 1.